The summed E-state index contributed by atoms with van der Waals surface area (Å²) in [6, 6.07) is 10.8. The smallest absolute Gasteiger partial charge is 0.255 e. The molecule has 2 aliphatic heterocycles. The Bertz CT molecular complexity index is 767. The van der Waals surface area contributed by atoms with Gasteiger partial charge in [-0.1, -0.05) is 32.0 Å². The first-order chi connectivity index (χ1) is 11.6. The van der Waals surface area contributed by atoms with E-state index in [-0.39, 0.29) is 30.7 Å². The molecule has 0 saturated carbocycles. The first kappa shape index (κ1) is 20.9. The predicted octanol–water partition coefficient (Wildman–Crippen LogP) is 4.17. The molecule has 2 bridgehead atoms. The second-order valence-corrected chi connectivity index (χ2v) is 7.36. The molecule has 1 aromatic carbocycles. The zero-order valence-electron chi connectivity index (χ0n) is 15.3. The molecule has 4 nitrogen and oxygen atoms in total. The van der Waals surface area contributed by atoms with Crippen LogP contribution in [-0.4, -0.2) is 41.0 Å². The third-order valence-corrected chi connectivity index (χ3v) is 5.45. The normalized spacial score (nSPS) is 21.9. The minimum atomic E-state index is 0. The Kier molecular flexibility index (Phi) is 6.89. The lowest BCUT2D eigenvalue weighted by Gasteiger charge is -2.28. The highest BCUT2D eigenvalue weighted by Crippen LogP contribution is 2.32. The molecule has 0 aliphatic carbocycles. The Labute approximate surface area is 167 Å². The highest BCUT2D eigenvalue weighted by Gasteiger charge is 2.38. The molecule has 2 saturated heterocycles. The van der Waals surface area contributed by atoms with E-state index in [0.29, 0.717) is 18.0 Å². The van der Waals surface area contributed by atoms with Gasteiger partial charge in [-0.3, -0.25) is 9.78 Å². The van der Waals surface area contributed by atoms with Crippen LogP contribution in [-0.2, 0) is 0 Å². The highest BCUT2D eigenvalue weighted by atomic mass is 35.5. The van der Waals surface area contributed by atoms with Crippen LogP contribution in [0.4, 0.5) is 0 Å². The Morgan fingerprint density at radius 3 is 2.65 bits per heavy atom. The number of para-hydroxylation sites is 1. The molecular weight excluding hydrogens is 369 g/mol. The number of aromatic nitrogens is 1. The molecule has 2 fully saturated rings. The molecule has 2 aliphatic rings. The van der Waals surface area contributed by atoms with Crippen LogP contribution in [0.1, 0.15) is 55.1 Å². The van der Waals surface area contributed by atoms with Crippen molar-refractivity contribution in [2.45, 2.75) is 51.1 Å². The highest BCUT2D eigenvalue weighted by molar-refractivity contribution is 6.06. The summed E-state index contributed by atoms with van der Waals surface area (Å²) < 4.78 is 0. The van der Waals surface area contributed by atoms with Crippen LogP contribution >= 0.6 is 24.8 Å². The SMILES string of the molecule is CC(C)c1cc(C(=O)N2C3CCNCC2CC3)c2ccccc2n1.Cl.Cl. The second-order valence-electron chi connectivity index (χ2n) is 7.36. The number of carbonyl (C=O) groups is 1. The van der Waals surface area contributed by atoms with Crippen LogP contribution in [0.5, 0.6) is 0 Å². The van der Waals surface area contributed by atoms with Crippen molar-refractivity contribution in [2.24, 2.45) is 0 Å². The summed E-state index contributed by atoms with van der Waals surface area (Å²) in [7, 11) is 0. The van der Waals surface area contributed by atoms with Gasteiger partial charge in [-0.2, -0.15) is 0 Å². The van der Waals surface area contributed by atoms with Gasteiger partial charge in [0.2, 0.25) is 0 Å². The number of carbonyl (C=O) groups excluding carboxylic acids is 1. The maximum Gasteiger partial charge on any atom is 0.255 e. The van der Waals surface area contributed by atoms with Crippen LogP contribution in [0.2, 0.25) is 0 Å². The minimum absolute atomic E-state index is 0. The van der Waals surface area contributed by atoms with E-state index in [1.807, 2.05) is 30.3 Å². The van der Waals surface area contributed by atoms with Crippen LogP contribution in [0.15, 0.2) is 30.3 Å². The average Bonchev–Trinajstić information content (AvgIpc) is 2.86. The van der Waals surface area contributed by atoms with Gasteiger partial charge in [0.05, 0.1) is 11.1 Å². The Hall–Kier alpha value is -1.36. The maximum absolute atomic E-state index is 13.5. The van der Waals surface area contributed by atoms with Gasteiger partial charge in [0, 0.05) is 29.7 Å². The number of rotatable bonds is 2. The lowest BCUT2D eigenvalue weighted by atomic mass is 10.0. The molecule has 3 heterocycles. The predicted molar refractivity (Wildman–Crippen MR) is 111 cm³/mol. The van der Waals surface area contributed by atoms with Crippen LogP contribution in [0.25, 0.3) is 10.9 Å². The molecule has 2 aromatic rings. The fourth-order valence-electron chi connectivity index (χ4n) is 4.12. The number of pyridine rings is 1. The molecule has 1 N–H and O–H groups in total. The van der Waals surface area contributed by atoms with Gasteiger partial charge in [-0.05, 0) is 43.9 Å². The van der Waals surface area contributed by atoms with Crippen molar-refractivity contribution in [3.63, 3.8) is 0 Å². The third-order valence-electron chi connectivity index (χ3n) is 5.45. The summed E-state index contributed by atoms with van der Waals surface area (Å²) in [5.74, 6) is 0.496. The first-order valence-electron chi connectivity index (χ1n) is 9.08. The van der Waals surface area contributed by atoms with Gasteiger partial charge >= 0.3 is 0 Å². The standard InChI is InChI=1S/C20H25N3O.2ClH/c1-13(2)19-11-17(16-5-3-4-6-18(16)22-19)20(24)23-14-7-8-15(23)12-21-10-9-14;;/h3-6,11,13-15,21H,7-10,12H2,1-2H3;2*1H. The summed E-state index contributed by atoms with van der Waals surface area (Å²) in [6.07, 6.45) is 3.31. The second kappa shape index (κ2) is 8.55. The van der Waals surface area contributed by atoms with E-state index >= 15 is 0 Å². The largest absolute Gasteiger partial charge is 0.331 e. The monoisotopic (exact) mass is 395 g/mol. The number of fused-ring (bicyclic) bond motifs is 3. The summed E-state index contributed by atoms with van der Waals surface area (Å²) in [5.41, 5.74) is 2.74. The Balaban J connectivity index is 0.00000121. The molecule has 26 heavy (non-hydrogen) atoms. The summed E-state index contributed by atoms with van der Waals surface area (Å²) in [4.78, 5) is 20.4. The lowest BCUT2D eigenvalue weighted by Crippen LogP contribution is -2.42. The van der Waals surface area contributed by atoms with Crippen molar-refractivity contribution >= 4 is 41.6 Å². The fourth-order valence-corrected chi connectivity index (χ4v) is 4.12. The third kappa shape index (κ3) is 3.68. The van der Waals surface area contributed by atoms with Gasteiger partial charge in [0.15, 0.2) is 0 Å². The van der Waals surface area contributed by atoms with Gasteiger partial charge < -0.3 is 10.2 Å². The van der Waals surface area contributed by atoms with Crippen LogP contribution in [0.3, 0.4) is 0 Å². The summed E-state index contributed by atoms with van der Waals surface area (Å²) >= 11 is 0. The van der Waals surface area contributed by atoms with Crippen LogP contribution in [0, 0.1) is 0 Å². The molecular formula is C20H27Cl2N3O. The molecule has 4 rings (SSSR count). The molecule has 2 unspecified atom stereocenters. The fraction of sp³-hybridized carbons (Fsp3) is 0.500. The molecule has 2 atom stereocenters. The first-order valence-corrected chi connectivity index (χ1v) is 9.08. The van der Waals surface area contributed by atoms with E-state index in [1.165, 1.54) is 0 Å². The van der Waals surface area contributed by atoms with Crippen molar-refractivity contribution in [3.05, 3.63) is 41.6 Å². The molecule has 1 amide bonds. The van der Waals surface area contributed by atoms with Crippen molar-refractivity contribution in [3.8, 4) is 0 Å². The minimum Gasteiger partial charge on any atom is -0.331 e. The summed E-state index contributed by atoms with van der Waals surface area (Å²) in [5, 5.41) is 4.45. The molecule has 0 radical (unpaired) electrons. The lowest BCUT2D eigenvalue weighted by molar-refractivity contribution is 0.0682. The van der Waals surface area contributed by atoms with Gasteiger partial charge in [-0.25, -0.2) is 0 Å². The van der Waals surface area contributed by atoms with Crippen molar-refractivity contribution < 1.29 is 4.79 Å². The zero-order valence-corrected chi connectivity index (χ0v) is 16.9. The summed E-state index contributed by atoms with van der Waals surface area (Å²) in [6.45, 7) is 6.19. The average molecular weight is 396 g/mol. The van der Waals surface area contributed by atoms with Crippen LogP contribution < -0.4 is 5.32 Å². The van der Waals surface area contributed by atoms with E-state index in [9.17, 15) is 4.79 Å². The van der Waals surface area contributed by atoms with E-state index in [2.05, 4.69) is 24.1 Å². The number of nitrogens with zero attached hydrogens (tertiary/aromatic N) is 2. The number of nitrogens with one attached hydrogen (secondary N) is 1. The number of benzene rings is 1. The Morgan fingerprint density at radius 2 is 1.88 bits per heavy atom. The number of amides is 1. The van der Waals surface area contributed by atoms with Gasteiger partial charge in [0.25, 0.3) is 5.91 Å². The van der Waals surface area contributed by atoms with Gasteiger partial charge in [-0.15, -0.1) is 24.8 Å². The quantitative estimate of drug-likeness (QED) is 0.829. The molecule has 142 valence electrons. The molecule has 1 aromatic heterocycles. The van der Waals surface area contributed by atoms with Crippen molar-refractivity contribution in [1.29, 1.82) is 0 Å². The van der Waals surface area contributed by atoms with E-state index in [0.717, 1.165) is 54.5 Å². The molecule has 6 heteroatoms. The van der Waals surface area contributed by atoms with E-state index in [4.69, 9.17) is 4.98 Å². The zero-order chi connectivity index (χ0) is 16.7. The van der Waals surface area contributed by atoms with Crippen molar-refractivity contribution in [1.82, 2.24) is 15.2 Å². The van der Waals surface area contributed by atoms with Crippen molar-refractivity contribution in [2.75, 3.05) is 13.1 Å². The number of hydrogen-bond donors (Lipinski definition) is 1. The maximum atomic E-state index is 13.5. The Morgan fingerprint density at radius 1 is 1.15 bits per heavy atom. The number of hydrogen-bond acceptors (Lipinski definition) is 3. The van der Waals surface area contributed by atoms with E-state index < -0.39 is 0 Å². The molecule has 0 spiro atoms. The topological polar surface area (TPSA) is 45.2 Å². The number of halogens is 2. The van der Waals surface area contributed by atoms with E-state index in [1.54, 1.807) is 0 Å². The van der Waals surface area contributed by atoms with Gasteiger partial charge in [0.1, 0.15) is 0 Å².